The lowest BCUT2D eigenvalue weighted by Gasteiger charge is -2.34. The van der Waals surface area contributed by atoms with Crippen LogP contribution >= 0.6 is 0 Å². The van der Waals surface area contributed by atoms with E-state index in [1.54, 1.807) is 4.68 Å². The van der Waals surface area contributed by atoms with Crippen LogP contribution in [-0.4, -0.2) is 39.7 Å². The van der Waals surface area contributed by atoms with Gasteiger partial charge in [-0.15, -0.1) is 0 Å². The van der Waals surface area contributed by atoms with Crippen LogP contribution in [0.15, 0.2) is 84.9 Å². The second kappa shape index (κ2) is 12.9. The lowest BCUT2D eigenvalue weighted by Crippen LogP contribution is -2.41. The molecular formula is C36H43N5O2. The molecule has 1 unspecified atom stereocenters. The van der Waals surface area contributed by atoms with E-state index >= 15 is 0 Å². The monoisotopic (exact) mass is 577 g/mol. The number of rotatable bonds is 7. The summed E-state index contributed by atoms with van der Waals surface area (Å²) in [6.07, 6.45) is 2.74. The third-order valence-corrected chi connectivity index (χ3v) is 8.37. The van der Waals surface area contributed by atoms with Gasteiger partial charge in [0.1, 0.15) is 5.82 Å². The van der Waals surface area contributed by atoms with E-state index in [4.69, 9.17) is 5.10 Å². The van der Waals surface area contributed by atoms with Crippen molar-refractivity contribution in [3.05, 3.63) is 107 Å². The summed E-state index contributed by atoms with van der Waals surface area (Å²) < 4.78 is 1.79. The third-order valence-electron chi connectivity index (χ3n) is 8.37. The van der Waals surface area contributed by atoms with Crippen LogP contribution in [-0.2, 0) is 16.6 Å². The molecule has 7 nitrogen and oxygen atoms in total. The first-order valence-corrected chi connectivity index (χ1v) is 15.3. The Bertz CT molecular complexity index is 1540. The SMILES string of the molecule is Cc1ccc(-n2nc(C(C)(C)C)cc2NC(=O)Nc2ccccc2CC2CCN(C(=O)C(C)c3ccccc3)CC2)cc1. The summed E-state index contributed by atoms with van der Waals surface area (Å²) in [6.45, 7) is 11.9. The van der Waals surface area contributed by atoms with Gasteiger partial charge in [0.05, 0.1) is 17.3 Å². The highest BCUT2D eigenvalue weighted by atomic mass is 16.2. The number of nitrogens with one attached hydrogen (secondary N) is 2. The fourth-order valence-electron chi connectivity index (χ4n) is 5.64. The van der Waals surface area contributed by atoms with Crippen molar-refractivity contribution in [3.8, 4) is 5.69 Å². The van der Waals surface area contributed by atoms with Gasteiger partial charge in [-0.1, -0.05) is 87.0 Å². The van der Waals surface area contributed by atoms with Gasteiger partial charge in [0.25, 0.3) is 0 Å². The van der Waals surface area contributed by atoms with E-state index < -0.39 is 0 Å². The summed E-state index contributed by atoms with van der Waals surface area (Å²) in [6, 6.07) is 27.7. The van der Waals surface area contributed by atoms with E-state index in [-0.39, 0.29) is 23.3 Å². The smallest absolute Gasteiger partial charge is 0.324 e. The summed E-state index contributed by atoms with van der Waals surface area (Å²) in [5.74, 6) is 1.12. The van der Waals surface area contributed by atoms with Crippen LogP contribution in [0.1, 0.15) is 68.8 Å². The van der Waals surface area contributed by atoms with E-state index in [1.807, 2.05) is 97.6 Å². The molecule has 0 radical (unpaired) electrons. The Morgan fingerprint density at radius 2 is 1.56 bits per heavy atom. The molecule has 4 aromatic rings. The Morgan fingerprint density at radius 3 is 2.23 bits per heavy atom. The maximum atomic E-state index is 13.3. The Labute approximate surface area is 255 Å². The lowest BCUT2D eigenvalue weighted by molar-refractivity contribution is -0.133. The molecule has 2 heterocycles. The minimum Gasteiger partial charge on any atom is -0.342 e. The molecule has 1 fully saturated rings. The van der Waals surface area contributed by atoms with Crippen LogP contribution in [0.4, 0.5) is 16.3 Å². The zero-order valence-electron chi connectivity index (χ0n) is 25.9. The fraction of sp³-hybridized carbons (Fsp3) is 0.361. The Morgan fingerprint density at radius 1 is 0.907 bits per heavy atom. The zero-order valence-corrected chi connectivity index (χ0v) is 25.9. The van der Waals surface area contributed by atoms with Gasteiger partial charge in [-0.2, -0.15) is 5.10 Å². The summed E-state index contributed by atoms with van der Waals surface area (Å²) in [5.41, 5.74) is 5.73. The highest BCUT2D eigenvalue weighted by molar-refractivity contribution is 6.00. The average molecular weight is 578 g/mol. The van der Waals surface area contributed by atoms with Crippen molar-refractivity contribution < 1.29 is 9.59 Å². The minimum atomic E-state index is -0.309. The van der Waals surface area contributed by atoms with Crippen molar-refractivity contribution in [1.82, 2.24) is 14.7 Å². The number of nitrogens with zero attached hydrogens (tertiary/aromatic N) is 3. The van der Waals surface area contributed by atoms with Crippen LogP contribution < -0.4 is 10.6 Å². The molecule has 1 atom stereocenters. The molecule has 0 bridgehead atoms. The molecule has 7 heteroatoms. The largest absolute Gasteiger partial charge is 0.342 e. The van der Waals surface area contributed by atoms with Crippen LogP contribution in [0.3, 0.4) is 0 Å². The molecule has 43 heavy (non-hydrogen) atoms. The van der Waals surface area contributed by atoms with Gasteiger partial charge in [-0.25, -0.2) is 9.48 Å². The maximum absolute atomic E-state index is 13.3. The molecule has 5 rings (SSSR count). The molecule has 0 spiro atoms. The number of anilines is 2. The zero-order chi connectivity index (χ0) is 30.6. The summed E-state index contributed by atoms with van der Waals surface area (Å²) in [7, 11) is 0. The maximum Gasteiger partial charge on any atom is 0.324 e. The summed E-state index contributed by atoms with van der Waals surface area (Å²) >= 11 is 0. The van der Waals surface area contributed by atoms with Crippen molar-refractivity contribution in [1.29, 1.82) is 0 Å². The predicted molar refractivity (Wildman–Crippen MR) is 174 cm³/mol. The highest BCUT2D eigenvalue weighted by Gasteiger charge is 2.27. The van der Waals surface area contributed by atoms with Crippen LogP contribution in [0.5, 0.6) is 0 Å². The number of carbonyl (C=O) groups is 2. The van der Waals surface area contributed by atoms with Crippen molar-refractivity contribution in [2.45, 2.75) is 65.2 Å². The van der Waals surface area contributed by atoms with Gasteiger partial charge in [0, 0.05) is 30.3 Å². The summed E-state index contributed by atoms with van der Waals surface area (Å²) in [5, 5.41) is 11.0. The molecule has 1 aliphatic rings. The van der Waals surface area contributed by atoms with Gasteiger partial charge < -0.3 is 10.2 Å². The Balaban J connectivity index is 1.23. The third kappa shape index (κ3) is 7.34. The van der Waals surface area contributed by atoms with E-state index in [9.17, 15) is 9.59 Å². The standard InChI is InChI=1S/C36H43N5O2/c1-25-15-17-30(18-16-25)41-33(24-32(39-41)36(3,4)5)38-35(43)37-31-14-10-9-13-29(31)23-27-19-21-40(22-20-27)34(42)26(2)28-11-7-6-8-12-28/h6-18,24,26-27H,19-23H2,1-5H3,(H2,37,38,43). The summed E-state index contributed by atoms with van der Waals surface area (Å²) in [4.78, 5) is 28.5. The number of carbonyl (C=O) groups excluding carboxylic acids is 2. The molecule has 224 valence electrons. The lowest BCUT2D eigenvalue weighted by atomic mass is 9.88. The number of amides is 3. The fourth-order valence-corrected chi connectivity index (χ4v) is 5.64. The van der Waals surface area contributed by atoms with Crippen molar-refractivity contribution in [3.63, 3.8) is 0 Å². The number of aryl methyl sites for hydroxylation is 1. The number of urea groups is 1. The number of piperidine rings is 1. The number of hydrogen-bond acceptors (Lipinski definition) is 3. The first-order chi connectivity index (χ1) is 20.6. The molecule has 1 aromatic heterocycles. The first-order valence-electron chi connectivity index (χ1n) is 15.3. The normalized spacial score (nSPS) is 14.8. The Kier molecular flexibility index (Phi) is 9.00. The van der Waals surface area contributed by atoms with Gasteiger partial charge >= 0.3 is 6.03 Å². The van der Waals surface area contributed by atoms with E-state index in [0.717, 1.165) is 66.1 Å². The molecule has 3 aromatic carbocycles. The van der Waals surface area contributed by atoms with E-state index in [2.05, 4.69) is 37.5 Å². The number of benzene rings is 3. The van der Waals surface area contributed by atoms with Crippen molar-refractivity contribution >= 4 is 23.4 Å². The number of aromatic nitrogens is 2. The van der Waals surface area contributed by atoms with Gasteiger partial charge in [-0.05, 0) is 68.4 Å². The van der Waals surface area contributed by atoms with Gasteiger partial charge in [0.15, 0.2) is 0 Å². The topological polar surface area (TPSA) is 79.3 Å². The van der Waals surface area contributed by atoms with Crippen LogP contribution in [0.25, 0.3) is 5.69 Å². The highest BCUT2D eigenvalue weighted by Crippen LogP contribution is 2.29. The quantitative estimate of drug-likeness (QED) is 0.236. The molecular weight excluding hydrogens is 534 g/mol. The van der Waals surface area contributed by atoms with E-state index in [0.29, 0.717) is 11.7 Å². The molecule has 0 aliphatic carbocycles. The average Bonchev–Trinajstić information content (AvgIpc) is 3.43. The van der Waals surface area contributed by atoms with Gasteiger partial charge in [-0.3, -0.25) is 10.1 Å². The molecule has 1 saturated heterocycles. The van der Waals surface area contributed by atoms with Crippen molar-refractivity contribution in [2.75, 3.05) is 23.7 Å². The van der Waals surface area contributed by atoms with E-state index in [1.165, 1.54) is 0 Å². The molecule has 1 aliphatic heterocycles. The number of likely N-dealkylation sites (tertiary alicyclic amines) is 1. The minimum absolute atomic E-state index is 0.136. The van der Waals surface area contributed by atoms with Crippen LogP contribution in [0, 0.1) is 12.8 Å². The van der Waals surface area contributed by atoms with Gasteiger partial charge in [0.2, 0.25) is 5.91 Å². The second-order valence-corrected chi connectivity index (χ2v) is 12.8. The molecule has 3 amide bonds. The van der Waals surface area contributed by atoms with Crippen molar-refractivity contribution in [2.24, 2.45) is 5.92 Å². The molecule has 2 N–H and O–H groups in total. The molecule has 0 saturated carbocycles. The first kappa shape index (κ1) is 30.1. The Hall–Kier alpha value is -4.39. The van der Waals surface area contributed by atoms with Crippen LogP contribution in [0.2, 0.25) is 0 Å². The predicted octanol–water partition coefficient (Wildman–Crippen LogP) is 7.71. The second-order valence-electron chi connectivity index (χ2n) is 12.8. The number of hydrogen-bond donors (Lipinski definition) is 2. The number of para-hydroxylation sites is 1.